The molecule has 0 bridgehead atoms. The molecule has 5 heteroatoms. The predicted octanol–water partition coefficient (Wildman–Crippen LogP) is 2.85. The minimum atomic E-state index is 0.453. The molecular formula is C16H25N3OS. The number of nitrogens with zero attached hydrogens (tertiary/aromatic N) is 1. The van der Waals surface area contributed by atoms with E-state index < -0.39 is 0 Å². The third kappa shape index (κ3) is 4.58. The molecule has 0 radical (unpaired) electrons. The van der Waals surface area contributed by atoms with Crippen molar-refractivity contribution < 1.29 is 4.74 Å². The molecule has 1 heterocycles. The maximum Gasteiger partial charge on any atom is 0.171 e. The van der Waals surface area contributed by atoms with E-state index in [4.69, 9.17) is 17.0 Å². The van der Waals surface area contributed by atoms with E-state index in [9.17, 15) is 0 Å². The number of hydrogen-bond acceptors (Lipinski definition) is 3. The highest BCUT2D eigenvalue weighted by Crippen LogP contribution is 2.23. The highest BCUT2D eigenvalue weighted by atomic mass is 32.1. The molecular weight excluding hydrogens is 282 g/mol. The van der Waals surface area contributed by atoms with Crippen molar-refractivity contribution in [2.24, 2.45) is 0 Å². The van der Waals surface area contributed by atoms with E-state index in [1.54, 1.807) is 7.11 Å². The number of methoxy groups -OCH3 is 1. The zero-order valence-corrected chi connectivity index (χ0v) is 13.9. The first-order valence-corrected chi connectivity index (χ1v) is 7.95. The van der Waals surface area contributed by atoms with Crippen molar-refractivity contribution in [3.8, 4) is 5.75 Å². The van der Waals surface area contributed by atoms with Crippen LogP contribution in [0.5, 0.6) is 5.75 Å². The molecule has 1 aromatic rings. The normalized spacial score (nSPS) is 16.8. The van der Waals surface area contributed by atoms with Crippen molar-refractivity contribution in [1.82, 2.24) is 10.2 Å². The molecule has 1 aliphatic rings. The van der Waals surface area contributed by atoms with E-state index in [1.807, 2.05) is 24.3 Å². The van der Waals surface area contributed by atoms with Crippen molar-refractivity contribution in [2.45, 2.75) is 38.8 Å². The number of likely N-dealkylation sites (tertiary alicyclic amines) is 1. The van der Waals surface area contributed by atoms with Crippen LogP contribution in [0.4, 0.5) is 5.69 Å². The van der Waals surface area contributed by atoms with E-state index in [-0.39, 0.29) is 0 Å². The van der Waals surface area contributed by atoms with Crippen molar-refractivity contribution >= 4 is 23.0 Å². The van der Waals surface area contributed by atoms with E-state index in [2.05, 4.69) is 29.4 Å². The molecule has 0 aromatic heterocycles. The summed E-state index contributed by atoms with van der Waals surface area (Å²) in [5, 5.41) is 7.31. The van der Waals surface area contributed by atoms with Gasteiger partial charge in [0.2, 0.25) is 0 Å². The fourth-order valence-corrected chi connectivity index (χ4v) is 2.93. The molecule has 21 heavy (non-hydrogen) atoms. The molecule has 1 fully saturated rings. The first-order valence-electron chi connectivity index (χ1n) is 7.54. The lowest BCUT2D eigenvalue weighted by Gasteiger charge is -2.35. The van der Waals surface area contributed by atoms with Crippen LogP contribution in [0.15, 0.2) is 24.3 Å². The summed E-state index contributed by atoms with van der Waals surface area (Å²) in [7, 11) is 1.67. The Balaban J connectivity index is 1.83. The molecule has 0 aliphatic carbocycles. The van der Waals surface area contributed by atoms with Crippen LogP contribution in [0.25, 0.3) is 0 Å². The third-order valence-electron chi connectivity index (χ3n) is 3.95. The molecule has 2 N–H and O–H groups in total. The van der Waals surface area contributed by atoms with Crippen LogP contribution >= 0.6 is 12.2 Å². The summed E-state index contributed by atoms with van der Waals surface area (Å²) in [4.78, 5) is 2.51. The third-order valence-corrected chi connectivity index (χ3v) is 4.17. The monoisotopic (exact) mass is 307 g/mol. The molecule has 4 nitrogen and oxygen atoms in total. The number of thiocarbonyl (C=S) groups is 1. The molecule has 2 rings (SSSR count). The Bertz CT molecular complexity index is 470. The van der Waals surface area contributed by atoms with Crippen LogP contribution in [0.2, 0.25) is 0 Å². The van der Waals surface area contributed by atoms with E-state index in [0.29, 0.717) is 17.2 Å². The molecule has 1 aliphatic heterocycles. The Kier molecular flexibility index (Phi) is 5.82. The smallest absolute Gasteiger partial charge is 0.171 e. The van der Waals surface area contributed by atoms with Gasteiger partial charge in [0.05, 0.1) is 12.8 Å². The average Bonchev–Trinajstić information content (AvgIpc) is 2.48. The summed E-state index contributed by atoms with van der Waals surface area (Å²) in [5.41, 5.74) is 0.900. The largest absolute Gasteiger partial charge is 0.495 e. The van der Waals surface area contributed by atoms with Gasteiger partial charge in [0.25, 0.3) is 0 Å². The lowest BCUT2D eigenvalue weighted by Crippen LogP contribution is -2.47. The second-order valence-electron chi connectivity index (χ2n) is 5.70. The van der Waals surface area contributed by atoms with Gasteiger partial charge in [0.15, 0.2) is 5.11 Å². The lowest BCUT2D eigenvalue weighted by atomic mass is 10.0. The van der Waals surface area contributed by atoms with Gasteiger partial charge in [-0.05, 0) is 51.0 Å². The summed E-state index contributed by atoms with van der Waals surface area (Å²) in [6, 6.07) is 8.89. The van der Waals surface area contributed by atoms with E-state index >= 15 is 0 Å². The van der Waals surface area contributed by atoms with Gasteiger partial charge in [-0.3, -0.25) is 0 Å². The average molecular weight is 307 g/mol. The van der Waals surface area contributed by atoms with Crippen LogP contribution in [0, 0.1) is 0 Å². The first-order chi connectivity index (χ1) is 10.1. The van der Waals surface area contributed by atoms with Crippen LogP contribution < -0.4 is 15.4 Å². The van der Waals surface area contributed by atoms with Crippen molar-refractivity contribution in [3.63, 3.8) is 0 Å². The van der Waals surface area contributed by atoms with Crippen molar-refractivity contribution in [2.75, 3.05) is 25.5 Å². The molecule has 0 saturated carbocycles. The van der Waals surface area contributed by atoms with Crippen LogP contribution in [-0.2, 0) is 0 Å². The SMILES string of the molecule is COc1ccccc1NC(=S)NC1CCN(C(C)C)CC1. The summed E-state index contributed by atoms with van der Waals surface area (Å²) >= 11 is 5.41. The molecule has 0 unspecified atom stereocenters. The van der Waals surface area contributed by atoms with Crippen LogP contribution in [0.3, 0.4) is 0 Å². The predicted molar refractivity (Wildman–Crippen MR) is 92.1 cm³/mol. The van der Waals surface area contributed by atoms with Gasteiger partial charge >= 0.3 is 0 Å². The molecule has 1 saturated heterocycles. The van der Waals surface area contributed by atoms with Crippen LogP contribution in [0.1, 0.15) is 26.7 Å². The Morgan fingerprint density at radius 3 is 2.57 bits per heavy atom. The van der Waals surface area contributed by atoms with Crippen molar-refractivity contribution in [3.05, 3.63) is 24.3 Å². The number of rotatable bonds is 4. The minimum absolute atomic E-state index is 0.453. The number of piperidine rings is 1. The van der Waals surface area contributed by atoms with Gasteiger partial charge in [-0.1, -0.05) is 12.1 Å². The highest BCUT2D eigenvalue weighted by Gasteiger charge is 2.21. The maximum absolute atomic E-state index is 5.41. The topological polar surface area (TPSA) is 36.5 Å². The first kappa shape index (κ1) is 16.0. The number of hydrogen-bond donors (Lipinski definition) is 2. The van der Waals surface area contributed by atoms with Gasteiger partial charge in [-0.2, -0.15) is 0 Å². The fraction of sp³-hybridized carbons (Fsp3) is 0.562. The van der Waals surface area contributed by atoms with Crippen molar-refractivity contribution in [1.29, 1.82) is 0 Å². The standard InChI is InChI=1S/C16H25N3OS/c1-12(2)19-10-8-13(9-11-19)17-16(21)18-14-6-4-5-7-15(14)20-3/h4-7,12-13H,8-11H2,1-3H3,(H2,17,18,21). The number of para-hydroxylation sites is 2. The molecule has 0 amide bonds. The summed E-state index contributed by atoms with van der Waals surface area (Å²) < 4.78 is 5.32. The Morgan fingerprint density at radius 1 is 1.29 bits per heavy atom. The number of ether oxygens (including phenoxy) is 1. The molecule has 1 aromatic carbocycles. The summed E-state index contributed by atoms with van der Waals surface area (Å²) in [5.74, 6) is 0.802. The zero-order valence-electron chi connectivity index (χ0n) is 13.1. The second kappa shape index (κ2) is 7.61. The highest BCUT2D eigenvalue weighted by molar-refractivity contribution is 7.80. The van der Waals surface area contributed by atoms with Gasteiger partial charge in [0.1, 0.15) is 5.75 Å². The zero-order chi connectivity index (χ0) is 15.2. The molecule has 116 valence electrons. The molecule has 0 spiro atoms. The van der Waals surface area contributed by atoms with Crippen LogP contribution in [-0.4, -0.2) is 42.3 Å². The summed E-state index contributed by atoms with van der Waals surface area (Å²) in [6.45, 7) is 6.77. The maximum atomic E-state index is 5.41. The minimum Gasteiger partial charge on any atom is -0.495 e. The van der Waals surface area contributed by atoms with Gasteiger partial charge in [0, 0.05) is 25.2 Å². The Hall–Kier alpha value is -1.33. The fourth-order valence-electron chi connectivity index (χ4n) is 2.65. The second-order valence-corrected chi connectivity index (χ2v) is 6.11. The van der Waals surface area contributed by atoms with E-state index in [1.165, 1.54) is 0 Å². The Morgan fingerprint density at radius 2 is 1.95 bits per heavy atom. The lowest BCUT2D eigenvalue weighted by molar-refractivity contribution is 0.168. The van der Waals surface area contributed by atoms with Gasteiger partial charge < -0.3 is 20.3 Å². The number of nitrogens with one attached hydrogen (secondary N) is 2. The number of anilines is 1. The molecule has 0 atom stereocenters. The van der Waals surface area contributed by atoms with Gasteiger partial charge in [-0.15, -0.1) is 0 Å². The quantitative estimate of drug-likeness (QED) is 0.837. The number of benzene rings is 1. The van der Waals surface area contributed by atoms with Gasteiger partial charge in [-0.25, -0.2) is 0 Å². The Labute approximate surface area is 132 Å². The van der Waals surface area contributed by atoms with E-state index in [0.717, 1.165) is 37.4 Å². The summed E-state index contributed by atoms with van der Waals surface area (Å²) in [6.07, 6.45) is 2.26.